The molecule has 0 N–H and O–H groups in total. The van der Waals surface area contributed by atoms with Gasteiger partial charge in [0.2, 0.25) is 11.0 Å². The summed E-state index contributed by atoms with van der Waals surface area (Å²) >= 11 is 1.58. The van der Waals surface area contributed by atoms with Gasteiger partial charge in [-0.1, -0.05) is 25.2 Å². The van der Waals surface area contributed by atoms with E-state index in [-0.39, 0.29) is 11.5 Å². The molecule has 2 fully saturated rings. The summed E-state index contributed by atoms with van der Waals surface area (Å²) in [4.78, 5) is 16.7. The molecule has 2 aliphatic heterocycles. The van der Waals surface area contributed by atoms with Crippen molar-refractivity contribution in [1.82, 2.24) is 15.1 Å². The minimum Gasteiger partial charge on any atom is -0.344 e. The van der Waals surface area contributed by atoms with Crippen LogP contribution in [0.15, 0.2) is 5.51 Å². The number of hydrogen-bond donors (Lipinski definition) is 0. The van der Waals surface area contributed by atoms with Crippen LogP contribution in [0.1, 0.15) is 33.1 Å². The van der Waals surface area contributed by atoms with Crippen molar-refractivity contribution in [1.29, 1.82) is 0 Å². The molecular formula is C13H20N4OS. The smallest absolute Gasteiger partial charge is 0.225 e. The van der Waals surface area contributed by atoms with E-state index in [1.54, 1.807) is 16.8 Å². The van der Waals surface area contributed by atoms with Crippen LogP contribution in [0, 0.1) is 5.92 Å². The second-order valence-corrected chi connectivity index (χ2v) is 6.68. The molecule has 6 heteroatoms. The largest absolute Gasteiger partial charge is 0.344 e. The van der Waals surface area contributed by atoms with Gasteiger partial charge in [-0.15, -0.1) is 10.2 Å². The zero-order chi connectivity index (χ0) is 13.5. The minimum absolute atomic E-state index is 0.0608. The number of aromatic nitrogens is 2. The monoisotopic (exact) mass is 280 g/mol. The van der Waals surface area contributed by atoms with E-state index in [4.69, 9.17) is 0 Å². The molecule has 1 amide bonds. The molecule has 2 saturated heterocycles. The summed E-state index contributed by atoms with van der Waals surface area (Å²) in [5.74, 6) is 0.388. The van der Waals surface area contributed by atoms with Crippen LogP contribution < -0.4 is 4.90 Å². The number of carbonyl (C=O) groups is 1. The summed E-state index contributed by atoms with van der Waals surface area (Å²) in [5, 5.41) is 9.07. The van der Waals surface area contributed by atoms with E-state index in [1.165, 1.54) is 0 Å². The molecule has 1 aromatic heterocycles. The van der Waals surface area contributed by atoms with Gasteiger partial charge in [-0.25, -0.2) is 0 Å². The fraction of sp³-hybridized carbons (Fsp3) is 0.769. The molecule has 3 heterocycles. The number of carbonyl (C=O) groups excluding carboxylic acids is 1. The van der Waals surface area contributed by atoms with Crippen LogP contribution in [0.25, 0.3) is 0 Å². The van der Waals surface area contributed by atoms with Crippen molar-refractivity contribution >= 4 is 22.4 Å². The third-order valence-corrected chi connectivity index (χ3v) is 5.06. The second kappa shape index (κ2) is 4.74. The molecule has 3 rings (SSSR count). The molecule has 1 atom stereocenters. The predicted octanol–water partition coefficient (Wildman–Crippen LogP) is 1.77. The number of piperidine rings is 1. The summed E-state index contributed by atoms with van der Waals surface area (Å²) in [6, 6.07) is 0. The Hall–Kier alpha value is -1.17. The van der Waals surface area contributed by atoms with E-state index >= 15 is 0 Å². The van der Waals surface area contributed by atoms with Gasteiger partial charge in [0.15, 0.2) is 0 Å². The van der Waals surface area contributed by atoms with Crippen LogP contribution in [0.3, 0.4) is 0 Å². The Morgan fingerprint density at radius 2 is 2.26 bits per heavy atom. The Balaban J connectivity index is 1.76. The van der Waals surface area contributed by atoms with Crippen LogP contribution in [0.4, 0.5) is 5.13 Å². The van der Waals surface area contributed by atoms with E-state index in [1.807, 2.05) is 13.8 Å². The van der Waals surface area contributed by atoms with Crippen molar-refractivity contribution in [2.24, 2.45) is 5.92 Å². The third-order valence-electron chi connectivity index (χ3n) is 4.31. The molecule has 0 aromatic carbocycles. The van der Waals surface area contributed by atoms with Gasteiger partial charge in [-0.2, -0.15) is 0 Å². The Kier molecular flexibility index (Phi) is 3.20. The molecule has 5 nitrogen and oxygen atoms in total. The summed E-state index contributed by atoms with van der Waals surface area (Å²) in [6.45, 7) is 6.83. The molecule has 0 unspecified atom stereocenters. The molecule has 0 bridgehead atoms. The van der Waals surface area contributed by atoms with Crippen LogP contribution in [0.5, 0.6) is 0 Å². The molecule has 2 aliphatic rings. The van der Waals surface area contributed by atoms with Gasteiger partial charge in [0.1, 0.15) is 5.51 Å². The summed E-state index contributed by atoms with van der Waals surface area (Å²) < 4.78 is 0. The first-order valence-corrected chi connectivity index (χ1v) is 7.83. The number of amides is 1. The first-order valence-electron chi connectivity index (χ1n) is 6.95. The lowest BCUT2D eigenvalue weighted by molar-refractivity contribution is -0.151. The van der Waals surface area contributed by atoms with Crippen molar-refractivity contribution in [3.8, 4) is 0 Å². The van der Waals surface area contributed by atoms with Crippen molar-refractivity contribution in [2.75, 3.05) is 24.5 Å². The van der Waals surface area contributed by atoms with Crippen LogP contribution in [0.2, 0.25) is 0 Å². The zero-order valence-corrected chi connectivity index (χ0v) is 12.3. The maximum atomic E-state index is 12.3. The minimum atomic E-state index is 0.0608. The SMILES string of the molecule is CC(C)C(=O)N1CC[C@]12CCCN(c1nncs1)C2. The number of likely N-dealkylation sites (tertiary alicyclic amines) is 1. The summed E-state index contributed by atoms with van der Waals surface area (Å²) in [6.07, 6.45) is 3.38. The number of hydrogen-bond acceptors (Lipinski definition) is 5. The summed E-state index contributed by atoms with van der Waals surface area (Å²) in [5.41, 5.74) is 1.83. The van der Waals surface area contributed by atoms with Gasteiger partial charge >= 0.3 is 0 Å². The average molecular weight is 280 g/mol. The third kappa shape index (κ3) is 2.12. The fourth-order valence-electron chi connectivity index (χ4n) is 3.20. The first-order chi connectivity index (χ1) is 9.12. The van der Waals surface area contributed by atoms with Crippen LogP contribution in [-0.4, -0.2) is 46.2 Å². The topological polar surface area (TPSA) is 49.3 Å². The predicted molar refractivity (Wildman–Crippen MR) is 75.3 cm³/mol. The normalized spacial score (nSPS) is 26.9. The lowest BCUT2D eigenvalue weighted by atomic mass is 9.77. The van der Waals surface area contributed by atoms with Gasteiger partial charge in [-0.3, -0.25) is 4.79 Å². The molecule has 0 radical (unpaired) electrons. The second-order valence-electron chi connectivity index (χ2n) is 5.87. The lowest BCUT2D eigenvalue weighted by Gasteiger charge is -2.57. The molecule has 19 heavy (non-hydrogen) atoms. The number of anilines is 1. The Bertz CT molecular complexity index is 461. The van der Waals surface area contributed by atoms with E-state index < -0.39 is 0 Å². The van der Waals surface area contributed by atoms with Gasteiger partial charge in [-0.05, 0) is 19.3 Å². The van der Waals surface area contributed by atoms with Gasteiger partial charge < -0.3 is 9.80 Å². The highest BCUT2D eigenvalue weighted by molar-refractivity contribution is 7.13. The van der Waals surface area contributed by atoms with E-state index in [0.29, 0.717) is 5.91 Å². The van der Waals surface area contributed by atoms with Crippen molar-refractivity contribution in [3.05, 3.63) is 5.51 Å². The van der Waals surface area contributed by atoms with Gasteiger partial charge in [0.05, 0.1) is 5.54 Å². The van der Waals surface area contributed by atoms with Crippen molar-refractivity contribution < 1.29 is 4.79 Å². The molecule has 1 spiro atoms. The maximum absolute atomic E-state index is 12.3. The van der Waals surface area contributed by atoms with Gasteiger partial charge in [0, 0.05) is 25.6 Å². The van der Waals surface area contributed by atoms with Crippen molar-refractivity contribution in [3.63, 3.8) is 0 Å². The Labute approximate surface area is 117 Å². The Morgan fingerprint density at radius 3 is 2.84 bits per heavy atom. The zero-order valence-electron chi connectivity index (χ0n) is 11.5. The standard InChI is InChI=1S/C13H20N4OS/c1-10(2)11(18)17-7-5-13(17)4-3-6-16(8-13)12-15-14-9-19-12/h9-10H,3-8H2,1-2H3/t13-/m0/s1. The first kappa shape index (κ1) is 12.8. The highest BCUT2D eigenvalue weighted by atomic mass is 32.1. The average Bonchev–Trinajstić information content (AvgIpc) is 2.91. The van der Waals surface area contributed by atoms with Gasteiger partial charge in [0.25, 0.3) is 0 Å². The quantitative estimate of drug-likeness (QED) is 0.828. The fourth-order valence-corrected chi connectivity index (χ4v) is 3.79. The molecule has 0 aliphatic carbocycles. The molecular weight excluding hydrogens is 260 g/mol. The van der Waals surface area contributed by atoms with Crippen LogP contribution >= 0.6 is 11.3 Å². The van der Waals surface area contributed by atoms with E-state index in [0.717, 1.165) is 44.0 Å². The number of nitrogens with zero attached hydrogens (tertiary/aromatic N) is 4. The van der Waals surface area contributed by atoms with E-state index in [9.17, 15) is 4.79 Å². The number of rotatable bonds is 2. The highest BCUT2D eigenvalue weighted by Crippen LogP contribution is 2.40. The Morgan fingerprint density at radius 1 is 1.42 bits per heavy atom. The highest BCUT2D eigenvalue weighted by Gasteiger charge is 2.50. The summed E-state index contributed by atoms with van der Waals surface area (Å²) in [7, 11) is 0. The molecule has 104 valence electrons. The maximum Gasteiger partial charge on any atom is 0.225 e. The van der Waals surface area contributed by atoms with Crippen molar-refractivity contribution in [2.45, 2.75) is 38.6 Å². The van der Waals surface area contributed by atoms with E-state index in [2.05, 4.69) is 20.0 Å². The lowest BCUT2D eigenvalue weighted by Crippen LogP contribution is -2.69. The molecule has 0 saturated carbocycles. The van der Waals surface area contributed by atoms with Crippen LogP contribution in [-0.2, 0) is 4.79 Å². The molecule has 1 aromatic rings.